The van der Waals surface area contributed by atoms with Crippen molar-refractivity contribution in [1.29, 1.82) is 0 Å². The molecule has 1 aliphatic rings. The molecule has 1 aromatic heterocycles. The molecule has 0 unspecified atom stereocenters. The van der Waals surface area contributed by atoms with Crippen LogP contribution in [0.15, 0.2) is 21.9 Å². The lowest BCUT2D eigenvalue weighted by Gasteiger charge is -2.25. The van der Waals surface area contributed by atoms with Crippen LogP contribution in [0.25, 0.3) is 0 Å². The molecule has 0 atom stereocenters. The van der Waals surface area contributed by atoms with E-state index in [1.54, 1.807) is 0 Å². The molecule has 0 saturated carbocycles. The van der Waals surface area contributed by atoms with E-state index in [4.69, 9.17) is 0 Å². The van der Waals surface area contributed by atoms with Crippen LogP contribution in [-0.4, -0.2) is 44.8 Å². The molecule has 0 aromatic carbocycles. The number of hydrogen-bond donors (Lipinski definition) is 1. The number of rotatable bonds is 2. The third kappa shape index (κ3) is 2.66. The van der Waals surface area contributed by atoms with Crippen LogP contribution in [0.4, 0.5) is 0 Å². The average Bonchev–Trinajstić information content (AvgIpc) is 2.38. The number of imide groups is 1. The van der Waals surface area contributed by atoms with Crippen LogP contribution in [0.1, 0.15) is 0 Å². The highest BCUT2D eigenvalue weighted by atomic mass is 16.2. The van der Waals surface area contributed by atoms with Crippen molar-refractivity contribution in [3.05, 3.63) is 33.1 Å². The molecular weight excluding hydrogens is 268 g/mol. The Morgan fingerprint density at radius 3 is 2.40 bits per heavy atom. The maximum Gasteiger partial charge on any atom is 0.331 e. The van der Waals surface area contributed by atoms with Gasteiger partial charge in [0.2, 0.25) is 17.7 Å². The summed E-state index contributed by atoms with van der Waals surface area (Å²) in [5.74, 6) is -1.68. The average molecular weight is 280 g/mol. The number of nitrogens with one attached hydrogen (secondary N) is 1. The summed E-state index contributed by atoms with van der Waals surface area (Å²) < 4.78 is 1.90. The highest BCUT2D eigenvalue weighted by Gasteiger charge is 2.26. The Morgan fingerprint density at radius 1 is 1.20 bits per heavy atom. The number of piperazine rings is 1. The van der Waals surface area contributed by atoms with Gasteiger partial charge in [0.15, 0.2) is 0 Å². The van der Waals surface area contributed by atoms with Crippen molar-refractivity contribution in [3.8, 4) is 0 Å². The summed E-state index contributed by atoms with van der Waals surface area (Å²) in [6, 6.07) is 1.16. The Kier molecular flexibility index (Phi) is 3.51. The molecule has 1 aliphatic heterocycles. The van der Waals surface area contributed by atoms with E-state index >= 15 is 0 Å². The van der Waals surface area contributed by atoms with E-state index < -0.39 is 29.0 Å². The minimum atomic E-state index is -0.640. The van der Waals surface area contributed by atoms with Crippen LogP contribution in [0.2, 0.25) is 0 Å². The summed E-state index contributed by atoms with van der Waals surface area (Å²) in [7, 11) is 1.30. The van der Waals surface area contributed by atoms with Gasteiger partial charge in [-0.3, -0.25) is 33.6 Å². The molecule has 0 radical (unpaired) electrons. The zero-order valence-electron chi connectivity index (χ0n) is 10.7. The Bertz CT molecular complexity index is 686. The molecule has 1 fully saturated rings. The standard InChI is InChI=1S/C11H12N4O5/c1-13-9(18)2-3-14(11(13)20)6-10(19)15-4-7(16)12-8(17)5-15/h2-3H,4-6H2,1H3,(H,12,16,17). The first-order chi connectivity index (χ1) is 9.38. The van der Waals surface area contributed by atoms with E-state index in [0.29, 0.717) is 0 Å². The predicted molar refractivity (Wildman–Crippen MR) is 65.7 cm³/mol. The Hall–Kier alpha value is -2.71. The van der Waals surface area contributed by atoms with Gasteiger partial charge < -0.3 is 4.90 Å². The molecule has 0 spiro atoms. The fourth-order valence-electron chi connectivity index (χ4n) is 1.80. The topological polar surface area (TPSA) is 110 Å². The van der Waals surface area contributed by atoms with E-state index in [9.17, 15) is 24.0 Å². The van der Waals surface area contributed by atoms with Crippen LogP contribution in [0.3, 0.4) is 0 Å². The van der Waals surface area contributed by atoms with E-state index in [2.05, 4.69) is 5.32 Å². The molecule has 0 aliphatic carbocycles. The summed E-state index contributed by atoms with van der Waals surface area (Å²) >= 11 is 0. The van der Waals surface area contributed by atoms with Gasteiger partial charge in [-0.05, 0) is 0 Å². The van der Waals surface area contributed by atoms with E-state index in [-0.39, 0.29) is 19.6 Å². The quantitative estimate of drug-likeness (QED) is 0.582. The maximum absolute atomic E-state index is 12.0. The second-order valence-electron chi connectivity index (χ2n) is 4.34. The largest absolute Gasteiger partial charge is 0.331 e. The summed E-state index contributed by atoms with van der Waals surface area (Å²) in [4.78, 5) is 58.3. The van der Waals surface area contributed by atoms with Crippen molar-refractivity contribution in [3.63, 3.8) is 0 Å². The summed E-state index contributed by atoms with van der Waals surface area (Å²) in [6.45, 7) is -0.802. The minimum Gasteiger partial charge on any atom is -0.323 e. The molecule has 3 amide bonds. The van der Waals surface area contributed by atoms with Crippen LogP contribution < -0.4 is 16.6 Å². The fourth-order valence-corrected chi connectivity index (χ4v) is 1.80. The molecule has 2 rings (SSSR count). The number of hydrogen-bond acceptors (Lipinski definition) is 5. The van der Waals surface area contributed by atoms with Crippen molar-refractivity contribution >= 4 is 17.7 Å². The van der Waals surface area contributed by atoms with Crippen LogP contribution in [0.5, 0.6) is 0 Å². The number of amides is 3. The van der Waals surface area contributed by atoms with Gasteiger partial charge in [-0.1, -0.05) is 0 Å². The van der Waals surface area contributed by atoms with Gasteiger partial charge in [-0.15, -0.1) is 0 Å². The van der Waals surface area contributed by atoms with Crippen molar-refractivity contribution < 1.29 is 14.4 Å². The second kappa shape index (κ2) is 5.11. The summed E-state index contributed by atoms with van der Waals surface area (Å²) in [6.07, 6.45) is 1.20. The van der Waals surface area contributed by atoms with Crippen molar-refractivity contribution in [1.82, 2.24) is 19.4 Å². The molecule has 20 heavy (non-hydrogen) atoms. The first-order valence-electron chi connectivity index (χ1n) is 5.75. The van der Waals surface area contributed by atoms with E-state index in [0.717, 1.165) is 20.1 Å². The van der Waals surface area contributed by atoms with Gasteiger partial charge >= 0.3 is 5.69 Å². The molecule has 9 nitrogen and oxygen atoms in total. The third-order valence-electron chi connectivity index (χ3n) is 2.87. The number of aromatic nitrogens is 2. The summed E-state index contributed by atoms with van der Waals surface area (Å²) in [5.41, 5.74) is -1.12. The maximum atomic E-state index is 12.0. The van der Waals surface area contributed by atoms with Gasteiger partial charge in [-0.2, -0.15) is 0 Å². The first kappa shape index (κ1) is 13.7. The Labute approximate surface area is 112 Å². The van der Waals surface area contributed by atoms with Gasteiger partial charge in [0, 0.05) is 19.3 Å². The molecule has 1 N–H and O–H groups in total. The SMILES string of the molecule is Cn1c(=O)ccn(CC(=O)N2CC(=O)NC(=O)C2)c1=O. The van der Waals surface area contributed by atoms with Crippen molar-refractivity contribution in [2.24, 2.45) is 7.05 Å². The summed E-state index contributed by atoms with van der Waals surface area (Å²) in [5, 5.41) is 2.07. The van der Waals surface area contributed by atoms with Gasteiger partial charge in [0.25, 0.3) is 5.56 Å². The zero-order valence-corrected chi connectivity index (χ0v) is 10.7. The number of carbonyl (C=O) groups is 3. The lowest BCUT2D eigenvalue weighted by atomic mass is 10.3. The van der Waals surface area contributed by atoms with E-state index in [1.165, 1.54) is 13.2 Å². The number of carbonyl (C=O) groups excluding carboxylic acids is 3. The highest BCUT2D eigenvalue weighted by molar-refractivity contribution is 6.02. The van der Waals surface area contributed by atoms with Crippen LogP contribution in [-0.2, 0) is 28.0 Å². The lowest BCUT2D eigenvalue weighted by molar-refractivity contribution is -0.145. The fraction of sp³-hybridized carbons (Fsp3) is 0.364. The lowest BCUT2D eigenvalue weighted by Crippen LogP contribution is -2.54. The Balaban J connectivity index is 2.18. The molecule has 0 bridgehead atoms. The monoisotopic (exact) mass is 280 g/mol. The van der Waals surface area contributed by atoms with Gasteiger partial charge in [0.1, 0.15) is 19.6 Å². The van der Waals surface area contributed by atoms with E-state index in [1.807, 2.05) is 0 Å². The molecular formula is C11H12N4O5. The van der Waals surface area contributed by atoms with Gasteiger partial charge in [-0.25, -0.2) is 4.79 Å². The molecule has 9 heteroatoms. The van der Waals surface area contributed by atoms with Crippen molar-refractivity contribution in [2.75, 3.05) is 13.1 Å². The predicted octanol–water partition coefficient (Wildman–Crippen LogP) is -2.97. The zero-order chi connectivity index (χ0) is 14.9. The molecule has 1 aromatic rings. The number of nitrogens with zero attached hydrogens (tertiary/aromatic N) is 3. The smallest absolute Gasteiger partial charge is 0.323 e. The molecule has 1 saturated heterocycles. The third-order valence-corrected chi connectivity index (χ3v) is 2.87. The highest BCUT2D eigenvalue weighted by Crippen LogP contribution is 1.97. The Morgan fingerprint density at radius 2 is 1.80 bits per heavy atom. The van der Waals surface area contributed by atoms with Crippen LogP contribution >= 0.6 is 0 Å². The normalized spacial score (nSPS) is 15.2. The molecule has 2 heterocycles. The first-order valence-corrected chi connectivity index (χ1v) is 5.75. The van der Waals surface area contributed by atoms with Gasteiger partial charge in [0.05, 0.1) is 0 Å². The van der Waals surface area contributed by atoms with Crippen LogP contribution in [0, 0.1) is 0 Å². The second-order valence-corrected chi connectivity index (χ2v) is 4.34. The van der Waals surface area contributed by atoms with Crippen molar-refractivity contribution in [2.45, 2.75) is 6.54 Å². The minimum absolute atomic E-state index is 0.231. The molecule has 106 valence electrons.